The Morgan fingerprint density at radius 2 is 1.72 bits per heavy atom. The Hall–Kier alpha value is -1.55. The van der Waals surface area contributed by atoms with Crippen molar-refractivity contribution in [2.75, 3.05) is 26.7 Å². The number of hydrogen-bond acceptors (Lipinski definition) is 4. The molecule has 0 saturated heterocycles. The highest BCUT2D eigenvalue weighted by molar-refractivity contribution is 14.0. The highest BCUT2D eigenvalue weighted by atomic mass is 127. The molecule has 1 aromatic carbocycles. The van der Waals surface area contributed by atoms with E-state index < -0.39 is 11.7 Å². The van der Waals surface area contributed by atoms with Crippen molar-refractivity contribution >= 4 is 36.0 Å². The molecular weight excluding hydrogens is 483 g/mol. The van der Waals surface area contributed by atoms with Crippen molar-refractivity contribution in [3.8, 4) is 0 Å². The van der Waals surface area contributed by atoms with Crippen molar-refractivity contribution in [3.63, 3.8) is 0 Å². The van der Waals surface area contributed by atoms with Gasteiger partial charge in [-0.05, 0) is 44.7 Å². The molecule has 8 heteroatoms. The number of ether oxygens (including phenoxy) is 2. The fourth-order valence-corrected chi connectivity index (χ4v) is 2.40. The van der Waals surface area contributed by atoms with Gasteiger partial charge in [-0.15, -0.1) is 24.0 Å². The number of rotatable bonds is 10. The summed E-state index contributed by atoms with van der Waals surface area (Å²) in [5.74, 6) is 0.724. The normalized spacial score (nSPS) is 11.4. The lowest BCUT2D eigenvalue weighted by Gasteiger charge is -2.19. The average molecular weight is 520 g/mol. The van der Waals surface area contributed by atoms with Crippen molar-refractivity contribution in [2.45, 2.75) is 59.3 Å². The molecule has 1 rings (SSSR count). The van der Waals surface area contributed by atoms with E-state index in [2.05, 4.69) is 40.0 Å². The Kier molecular flexibility index (Phi) is 14.5. The molecule has 29 heavy (non-hydrogen) atoms. The maximum absolute atomic E-state index is 11.6. The Labute approximate surface area is 192 Å². The predicted molar refractivity (Wildman–Crippen MR) is 129 cm³/mol. The summed E-state index contributed by atoms with van der Waals surface area (Å²) in [6, 6.07) is 8.23. The molecule has 1 aromatic rings. The van der Waals surface area contributed by atoms with Gasteiger partial charge in [0.2, 0.25) is 0 Å². The Morgan fingerprint density at radius 1 is 1.07 bits per heavy atom. The summed E-state index contributed by atoms with van der Waals surface area (Å²) in [4.78, 5) is 15.8. The number of alkyl carbamates (subject to hydrolysis) is 1. The van der Waals surface area contributed by atoms with Crippen LogP contribution in [0, 0.1) is 0 Å². The zero-order valence-electron chi connectivity index (χ0n) is 18.3. The Bertz CT molecular complexity index is 618. The fraction of sp³-hybridized carbons (Fsp3) is 0.619. The van der Waals surface area contributed by atoms with Crippen LogP contribution in [0.25, 0.3) is 0 Å². The summed E-state index contributed by atoms with van der Waals surface area (Å²) in [6.45, 7) is 10.9. The van der Waals surface area contributed by atoms with Crippen LogP contribution < -0.4 is 16.0 Å². The molecule has 0 fully saturated rings. The molecule has 0 atom stereocenters. The van der Waals surface area contributed by atoms with Crippen molar-refractivity contribution in [3.05, 3.63) is 35.4 Å². The van der Waals surface area contributed by atoms with Crippen LogP contribution in [0.2, 0.25) is 0 Å². The number of carbonyl (C=O) groups is 1. The minimum atomic E-state index is -0.480. The van der Waals surface area contributed by atoms with Gasteiger partial charge in [0.05, 0.1) is 6.61 Å². The zero-order valence-corrected chi connectivity index (χ0v) is 20.7. The van der Waals surface area contributed by atoms with Crippen molar-refractivity contribution < 1.29 is 14.3 Å². The standard InChI is InChI=1S/C21H36N4O3.HI/c1-6-14-27-16-18-11-8-7-10-17(18)15-25-19(22-5)23-12-9-13-24-20(26)28-21(2,3)4;/h7-8,10-11H,6,9,12-16H2,1-5H3,(H,24,26)(H2,22,23,25);1H. The second kappa shape index (κ2) is 15.3. The quantitative estimate of drug-likeness (QED) is 0.189. The van der Waals surface area contributed by atoms with E-state index >= 15 is 0 Å². The lowest BCUT2D eigenvalue weighted by molar-refractivity contribution is 0.0527. The third-order valence-electron chi connectivity index (χ3n) is 3.71. The van der Waals surface area contributed by atoms with Crippen LogP contribution in [-0.4, -0.2) is 44.4 Å². The highest BCUT2D eigenvalue weighted by Gasteiger charge is 2.15. The molecule has 0 radical (unpaired) electrons. The summed E-state index contributed by atoms with van der Waals surface area (Å²) in [5, 5.41) is 9.31. The number of benzene rings is 1. The van der Waals surface area contributed by atoms with Gasteiger partial charge in [0.15, 0.2) is 5.96 Å². The first kappa shape index (κ1) is 27.5. The third kappa shape index (κ3) is 13.3. The maximum atomic E-state index is 11.6. The van der Waals surface area contributed by atoms with E-state index in [1.54, 1.807) is 7.05 Å². The van der Waals surface area contributed by atoms with E-state index in [4.69, 9.17) is 9.47 Å². The smallest absolute Gasteiger partial charge is 0.407 e. The zero-order chi connectivity index (χ0) is 20.8. The second-order valence-corrected chi connectivity index (χ2v) is 7.46. The summed E-state index contributed by atoms with van der Waals surface area (Å²) in [5.41, 5.74) is 1.89. The topological polar surface area (TPSA) is 84.0 Å². The van der Waals surface area contributed by atoms with Crippen LogP contribution in [0.1, 0.15) is 51.7 Å². The number of nitrogens with zero attached hydrogens (tertiary/aromatic N) is 1. The van der Waals surface area contributed by atoms with Gasteiger partial charge in [-0.2, -0.15) is 0 Å². The fourth-order valence-electron chi connectivity index (χ4n) is 2.40. The van der Waals surface area contributed by atoms with Gasteiger partial charge in [-0.1, -0.05) is 31.2 Å². The molecule has 0 aliphatic rings. The minimum absolute atomic E-state index is 0. The van der Waals surface area contributed by atoms with Crippen molar-refractivity contribution in [1.82, 2.24) is 16.0 Å². The molecule has 0 aromatic heterocycles. The molecule has 3 N–H and O–H groups in total. The van der Waals surface area contributed by atoms with Gasteiger partial charge in [0, 0.05) is 33.3 Å². The second-order valence-electron chi connectivity index (χ2n) is 7.46. The Morgan fingerprint density at radius 3 is 2.34 bits per heavy atom. The number of hydrogen-bond donors (Lipinski definition) is 3. The van der Waals surface area contributed by atoms with E-state index in [0.717, 1.165) is 25.4 Å². The largest absolute Gasteiger partial charge is 0.444 e. The summed E-state index contributed by atoms with van der Waals surface area (Å²) < 4.78 is 10.9. The molecule has 0 aliphatic heterocycles. The first-order valence-corrected chi connectivity index (χ1v) is 9.91. The molecule has 0 unspecified atom stereocenters. The molecule has 1 amide bonds. The number of amides is 1. The maximum Gasteiger partial charge on any atom is 0.407 e. The summed E-state index contributed by atoms with van der Waals surface area (Å²) in [7, 11) is 1.74. The van der Waals surface area contributed by atoms with E-state index in [0.29, 0.717) is 26.2 Å². The third-order valence-corrected chi connectivity index (χ3v) is 3.71. The van der Waals surface area contributed by atoms with Crippen LogP contribution in [0.15, 0.2) is 29.3 Å². The lowest BCUT2D eigenvalue weighted by atomic mass is 10.1. The molecule has 0 spiro atoms. The minimum Gasteiger partial charge on any atom is -0.444 e. The van der Waals surface area contributed by atoms with Gasteiger partial charge < -0.3 is 25.4 Å². The molecule has 7 nitrogen and oxygen atoms in total. The first-order chi connectivity index (χ1) is 13.4. The van der Waals surface area contributed by atoms with Gasteiger partial charge in [0.25, 0.3) is 0 Å². The van der Waals surface area contributed by atoms with Crippen LogP contribution in [0.4, 0.5) is 4.79 Å². The van der Waals surface area contributed by atoms with Crippen molar-refractivity contribution in [1.29, 1.82) is 0 Å². The van der Waals surface area contributed by atoms with E-state index in [1.165, 1.54) is 11.1 Å². The van der Waals surface area contributed by atoms with Crippen LogP contribution >= 0.6 is 24.0 Å². The molecule has 166 valence electrons. The molecule has 0 aliphatic carbocycles. The molecule has 0 bridgehead atoms. The van der Waals surface area contributed by atoms with Gasteiger partial charge in [0.1, 0.15) is 5.60 Å². The van der Waals surface area contributed by atoms with Crippen LogP contribution in [-0.2, 0) is 22.6 Å². The highest BCUT2D eigenvalue weighted by Crippen LogP contribution is 2.10. The number of halogens is 1. The summed E-state index contributed by atoms with van der Waals surface area (Å²) in [6.07, 6.45) is 1.39. The number of nitrogens with one attached hydrogen (secondary N) is 3. The van der Waals surface area contributed by atoms with Crippen molar-refractivity contribution in [2.24, 2.45) is 4.99 Å². The predicted octanol–water partition coefficient (Wildman–Crippen LogP) is 3.81. The lowest BCUT2D eigenvalue weighted by Crippen LogP contribution is -2.39. The number of aliphatic imine (C=N–C) groups is 1. The summed E-state index contributed by atoms with van der Waals surface area (Å²) >= 11 is 0. The first-order valence-electron chi connectivity index (χ1n) is 9.91. The average Bonchev–Trinajstić information content (AvgIpc) is 2.63. The number of guanidine groups is 1. The van der Waals surface area contributed by atoms with Crippen LogP contribution in [0.3, 0.4) is 0 Å². The Balaban J connectivity index is 0.00000784. The van der Waals surface area contributed by atoms with Gasteiger partial charge >= 0.3 is 6.09 Å². The van der Waals surface area contributed by atoms with E-state index in [9.17, 15) is 4.79 Å². The van der Waals surface area contributed by atoms with E-state index in [1.807, 2.05) is 32.9 Å². The molecule has 0 saturated carbocycles. The SMILES string of the molecule is CCCOCc1ccccc1CNC(=NC)NCCCNC(=O)OC(C)(C)C.I. The monoisotopic (exact) mass is 520 g/mol. The van der Waals surface area contributed by atoms with Gasteiger partial charge in [-0.25, -0.2) is 4.79 Å². The van der Waals surface area contributed by atoms with E-state index in [-0.39, 0.29) is 24.0 Å². The van der Waals surface area contributed by atoms with Crippen LogP contribution in [0.5, 0.6) is 0 Å². The number of carbonyl (C=O) groups excluding carboxylic acids is 1. The molecular formula is C21H37IN4O3. The van der Waals surface area contributed by atoms with Gasteiger partial charge in [-0.3, -0.25) is 4.99 Å². The molecule has 0 heterocycles.